The van der Waals surface area contributed by atoms with E-state index in [1.54, 1.807) is 17.4 Å². The zero-order valence-electron chi connectivity index (χ0n) is 11.3. The third-order valence-corrected chi connectivity index (χ3v) is 4.58. The Balaban J connectivity index is 2.19. The van der Waals surface area contributed by atoms with Gasteiger partial charge in [0.15, 0.2) is 0 Å². The van der Waals surface area contributed by atoms with E-state index < -0.39 is 0 Å². The maximum atomic E-state index is 9.04. The average Bonchev–Trinajstić information content (AvgIpc) is 3.00. The highest BCUT2D eigenvalue weighted by atomic mass is 32.1. The molecule has 4 nitrogen and oxygen atoms in total. The molecule has 100 valence electrons. The molecule has 0 radical (unpaired) electrons. The van der Waals surface area contributed by atoms with Crippen molar-refractivity contribution < 1.29 is 0 Å². The minimum Gasteiger partial charge on any atom is -0.369 e. The smallest absolute Gasteiger partial charge is 0.201 e. The molecular weight excluding hydrogens is 268 g/mol. The van der Waals surface area contributed by atoms with Gasteiger partial charge in [-0.15, -0.1) is 11.3 Å². The van der Waals surface area contributed by atoms with E-state index in [4.69, 9.17) is 11.0 Å². The van der Waals surface area contributed by atoms with Gasteiger partial charge in [0.25, 0.3) is 0 Å². The van der Waals surface area contributed by atoms with Crippen LogP contribution in [0.1, 0.15) is 28.3 Å². The van der Waals surface area contributed by atoms with Crippen LogP contribution in [-0.4, -0.2) is 9.55 Å². The second kappa shape index (κ2) is 4.66. The first-order valence-electron chi connectivity index (χ1n) is 6.34. The highest BCUT2D eigenvalue weighted by Crippen LogP contribution is 2.31. The van der Waals surface area contributed by atoms with Crippen molar-refractivity contribution in [3.8, 4) is 6.07 Å². The predicted molar refractivity (Wildman–Crippen MR) is 81.7 cm³/mol. The van der Waals surface area contributed by atoms with Gasteiger partial charge in [0.1, 0.15) is 0 Å². The number of thiophene rings is 1. The van der Waals surface area contributed by atoms with E-state index in [9.17, 15) is 0 Å². The van der Waals surface area contributed by atoms with Crippen molar-refractivity contribution in [2.75, 3.05) is 5.73 Å². The van der Waals surface area contributed by atoms with Crippen molar-refractivity contribution >= 4 is 28.3 Å². The van der Waals surface area contributed by atoms with Crippen LogP contribution in [0.3, 0.4) is 0 Å². The molecule has 0 aliphatic heterocycles. The second-order valence-electron chi connectivity index (χ2n) is 4.78. The van der Waals surface area contributed by atoms with Crippen LogP contribution in [0.4, 0.5) is 5.95 Å². The number of fused-ring (bicyclic) bond motifs is 1. The summed E-state index contributed by atoms with van der Waals surface area (Å²) < 4.78 is 1.99. The molecule has 0 amide bonds. The van der Waals surface area contributed by atoms with Gasteiger partial charge in [0, 0.05) is 9.75 Å². The highest BCUT2D eigenvalue weighted by Gasteiger charge is 2.17. The number of nitrogen functional groups attached to an aromatic ring is 1. The summed E-state index contributed by atoms with van der Waals surface area (Å²) in [6.45, 7) is 4.19. The summed E-state index contributed by atoms with van der Waals surface area (Å²) in [4.78, 5) is 6.88. The minimum atomic E-state index is 0.104. The molecular formula is C15H14N4S. The van der Waals surface area contributed by atoms with Gasteiger partial charge < -0.3 is 10.3 Å². The van der Waals surface area contributed by atoms with Crippen LogP contribution in [0.25, 0.3) is 11.0 Å². The lowest BCUT2D eigenvalue weighted by molar-refractivity contribution is 0.680. The summed E-state index contributed by atoms with van der Waals surface area (Å²) in [5, 5.41) is 9.04. The van der Waals surface area contributed by atoms with Gasteiger partial charge in [-0.1, -0.05) is 0 Å². The third-order valence-electron chi connectivity index (χ3n) is 3.41. The van der Waals surface area contributed by atoms with Crippen molar-refractivity contribution in [3.63, 3.8) is 0 Å². The number of anilines is 1. The van der Waals surface area contributed by atoms with Crippen LogP contribution in [0.2, 0.25) is 0 Å². The fourth-order valence-electron chi connectivity index (χ4n) is 2.39. The van der Waals surface area contributed by atoms with Gasteiger partial charge in [-0.05, 0) is 44.2 Å². The van der Waals surface area contributed by atoms with E-state index in [1.165, 1.54) is 9.75 Å². The van der Waals surface area contributed by atoms with Gasteiger partial charge >= 0.3 is 0 Å². The Hall–Kier alpha value is -2.32. The predicted octanol–water partition coefficient (Wildman–Crippen LogP) is 3.47. The summed E-state index contributed by atoms with van der Waals surface area (Å²) in [5.41, 5.74) is 8.41. The molecule has 0 spiro atoms. The number of hydrogen-bond acceptors (Lipinski definition) is 4. The number of hydrogen-bond donors (Lipinski definition) is 1. The summed E-state index contributed by atoms with van der Waals surface area (Å²) in [7, 11) is 0. The Morgan fingerprint density at radius 2 is 2.15 bits per heavy atom. The van der Waals surface area contributed by atoms with E-state index >= 15 is 0 Å². The molecule has 2 heterocycles. The summed E-state index contributed by atoms with van der Waals surface area (Å²) >= 11 is 1.75. The van der Waals surface area contributed by atoms with Crippen LogP contribution in [0.5, 0.6) is 0 Å². The lowest BCUT2D eigenvalue weighted by Gasteiger charge is -2.14. The van der Waals surface area contributed by atoms with Crippen molar-refractivity contribution in [3.05, 3.63) is 45.6 Å². The molecule has 5 heteroatoms. The lowest BCUT2D eigenvalue weighted by Crippen LogP contribution is -2.08. The van der Waals surface area contributed by atoms with E-state index in [2.05, 4.69) is 37.0 Å². The number of nitrogens with two attached hydrogens (primary N) is 1. The normalized spacial score (nSPS) is 12.4. The Morgan fingerprint density at radius 1 is 1.35 bits per heavy atom. The minimum absolute atomic E-state index is 0.104. The molecule has 1 atom stereocenters. The molecule has 2 aromatic heterocycles. The number of nitriles is 1. The van der Waals surface area contributed by atoms with Crippen LogP contribution in [0.15, 0.2) is 30.3 Å². The topological polar surface area (TPSA) is 67.6 Å². The zero-order valence-corrected chi connectivity index (χ0v) is 12.1. The molecule has 0 fully saturated rings. The average molecular weight is 282 g/mol. The van der Waals surface area contributed by atoms with Crippen LogP contribution in [-0.2, 0) is 0 Å². The van der Waals surface area contributed by atoms with Crippen molar-refractivity contribution in [2.24, 2.45) is 0 Å². The molecule has 0 aliphatic rings. The molecule has 0 bridgehead atoms. The molecule has 0 aliphatic carbocycles. The standard InChI is InChI=1S/C15H14N4S/c1-9-3-6-14(20-9)10(2)19-13-7-11(8-16)4-5-12(13)18-15(19)17/h3-7,10H,1-2H3,(H2,17,18). The number of rotatable bonds is 2. The van der Waals surface area contributed by atoms with E-state index in [0.717, 1.165) is 11.0 Å². The molecule has 0 saturated heterocycles. The van der Waals surface area contributed by atoms with Crippen molar-refractivity contribution in [2.45, 2.75) is 19.9 Å². The summed E-state index contributed by atoms with van der Waals surface area (Å²) in [5.74, 6) is 0.480. The first kappa shape index (κ1) is 12.7. The Morgan fingerprint density at radius 3 is 2.80 bits per heavy atom. The van der Waals surface area contributed by atoms with Crippen molar-refractivity contribution in [1.82, 2.24) is 9.55 Å². The Labute approximate surface area is 121 Å². The third kappa shape index (κ3) is 1.95. The lowest BCUT2D eigenvalue weighted by atomic mass is 10.2. The quantitative estimate of drug-likeness (QED) is 0.782. The van der Waals surface area contributed by atoms with Gasteiger partial charge in [0.05, 0.1) is 28.7 Å². The van der Waals surface area contributed by atoms with E-state index in [-0.39, 0.29) is 6.04 Å². The summed E-state index contributed by atoms with van der Waals surface area (Å²) in [6.07, 6.45) is 0. The maximum absolute atomic E-state index is 9.04. The van der Waals surface area contributed by atoms with Gasteiger partial charge in [0.2, 0.25) is 5.95 Å². The molecule has 3 aromatic rings. The SMILES string of the molecule is Cc1ccc(C(C)n2c(N)nc3ccc(C#N)cc32)s1. The number of benzene rings is 1. The maximum Gasteiger partial charge on any atom is 0.201 e. The van der Waals surface area contributed by atoms with E-state index in [0.29, 0.717) is 11.5 Å². The fraction of sp³-hybridized carbons (Fsp3) is 0.200. The Bertz CT molecular complexity index is 822. The van der Waals surface area contributed by atoms with E-state index in [1.807, 2.05) is 16.7 Å². The number of aromatic nitrogens is 2. The van der Waals surface area contributed by atoms with Gasteiger partial charge in [-0.2, -0.15) is 5.26 Å². The largest absolute Gasteiger partial charge is 0.369 e. The first-order chi connectivity index (χ1) is 9.60. The number of imidazole rings is 1. The molecule has 3 rings (SSSR count). The molecule has 1 unspecified atom stereocenters. The van der Waals surface area contributed by atoms with Crippen molar-refractivity contribution in [1.29, 1.82) is 5.26 Å². The molecule has 20 heavy (non-hydrogen) atoms. The fourth-order valence-corrected chi connectivity index (χ4v) is 3.31. The van der Waals surface area contributed by atoms with Crippen LogP contribution in [0, 0.1) is 18.3 Å². The highest BCUT2D eigenvalue weighted by molar-refractivity contribution is 7.12. The first-order valence-corrected chi connectivity index (χ1v) is 7.15. The second-order valence-corrected chi connectivity index (χ2v) is 6.10. The molecule has 2 N–H and O–H groups in total. The number of aryl methyl sites for hydroxylation is 1. The monoisotopic (exact) mass is 282 g/mol. The number of nitrogens with zero attached hydrogens (tertiary/aromatic N) is 3. The van der Waals surface area contributed by atoms with Crippen LogP contribution >= 0.6 is 11.3 Å². The van der Waals surface area contributed by atoms with Gasteiger partial charge in [-0.3, -0.25) is 0 Å². The summed E-state index contributed by atoms with van der Waals surface area (Å²) in [6, 6.07) is 11.9. The molecule has 0 saturated carbocycles. The molecule has 1 aromatic carbocycles. The Kier molecular flexibility index (Phi) is 2.96. The van der Waals surface area contributed by atoms with Crippen LogP contribution < -0.4 is 5.73 Å². The zero-order chi connectivity index (χ0) is 14.3. The van der Waals surface area contributed by atoms with Gasteiger partial charge in [-0.25, -0.2) is 4.98 Å².